The first-order valence-corrected chi connectivity index (χ1v) is 10.7. The number of rotatable bonds is 6. The van der Waals surface area contributed by atoms with E-state index < -0.39 is 0 Å². The molecule has 0 fully saturated rings. The summed E-state index contributed by atoms with van der Waals surface area (Å²) >= 11 is 7.33. The van der Waals surface area contributed by atoms with Crippen molar-refractivity contribution >= 4 is 45.9 Å². The fourth-order valence-corrected chi connectivity index (χ4v) is 4.02. The number of carbonyl (C=O) groups excluding carboxylic acids is 1. The summed E-state index contributed by atoms with van der Waals surface area (Å²) in [6, 6.07) is 24.0. The van der Waals surface area contributed by atoms with Crippen molar-refractivity contribution in [1.82, 2.24) is 9.55 Å². The number of fused-ring (bicyclic) bond motifs is 1. The van der Waals surface area contributed by atoms with E-state index >= 15 is 0 Å². The van der Waals surface area contributed by atoms with Crippen LogP contribution in [0.25, 0.3) is 10.9 Å². The predicted octanol–water partition coefficient (Wildman–Crippen LogP) is 4.83. The number of nitrogens with zero attached hydrogens (tertiary/aromatic N) is 2. The highest BCUT2D eigenvalue weighted by atomic mass is 35.5. The van der Waals surface area contributed by atoms with Gasteiger partial charge in [0.1, 0.15) is 0 Å². The van der Waals surface area contributed by atoms with Crippen LogP contribution in [0.4, 0.5) is 5.69 Å². The molecule has 1 amide bonds. The molecule has 1 aromatic heterocycles. The van der Waals surface area contributed by atoms with Crippen LogP contribution in [0.2, 0.25) is 5.02 Å². The highest BCUT2D eigenvalue weighted by molar-refractivity contribution is 7.99. The summed E-state index contributed by atoms with van der Waals surface area (Å²) in [6.45, 7) is 0.381. The lowest BCUT2D eigenvalue weighted by Gasteiger charge is -2.13. The van der Waals surface area contributed by atoms with Crippen LogP contribution in [0.15, 0.2) is 88.8 Å². The summed E-state index contributed by atoms with van der Waals surface area (Å²) in [5, 5.41) is 4.32. The lowest BCUT2D eigenvalue weighted by Crippen LogP contribution is -2.24. The third-order valence-electron chi connectivity index (χ3n) is 4.49. The number of aromatic nitrogens is 2. The van der Waals surface area contributed by atoms with Gasteiger partial charge >= 0.3 is 0 Å². The third-order valence-corrected chi connectivity index (χ3v) is 5.80. The minimum absolute atomic E-state index is 0.102. The van der Waals surface area contributed by atoms with E-state index in [9.17, 15) is 9.59 Å². The van der Waals surface area contributed by atoms with Crippen LogP contribution in [0.5, 0.6) is 0 Å². The number of hydrogen-bond donors (Lipinski definition) is 1. The molecule has 5 nitrogen and oxygen atoms in total. The van der Waals surface area contributed by atoms with Crippen LogP contribution in [-0.4, -0.2) is 21.2 Å². The van der Waals surface area contributed by atoms with Gasteiger partial charge in [0.25, 0.3) is 5.56 Å². The summed E-state index contributed by atoms with van der Waals surface area (Å²) in [7, 11) is 0. The first kappa shape index (κ1) is 20.2. The summed E-state index contributed by atoms with van der Waals surface area (Å²) < 4.78 is 1.62. The molecule has 0 aliphatic heterocycles. The second-order valence-electron chi connectivity index (χ2n) is 6.61. The quantitative estimate of drug-likeness (QED) is 0.348. The largest absolute Gasteiger partial charge is 0.324 e. The molecule has 0 bridgehead atoms. The van der Waals surface area contributed by atoms with Crippen LogP contribution in [0, 0.1) is 0 Å². The SMILES string of the molecule is O=C(CSc1nc2ccccc2c(=O)n1Cc1ccccc1)Nc1ccccc1Cl. The standard InChI is InChI=1S/C23H18ClN3O2S/c24-18-11-5-7-13-20(18)25-21(28)15-30-23-26-19-12-6-4-10-17(19)22(29)27(23)14-16-8-2-1-3-9-16/h1-13H,14-15H2,(H,25,28). The molecule has 0 radical (unpaired) electrons. The molecule has 0 aliphatic carbocycles. The van der Waals surface area contributed by atoms with Crippen molar-refractivity contribution in [1.29, 1.82) is 0 Å². The number of para-hydroxylation sites is 2. The zero-order valence-electron chi connectivity index (χ0n) is 15.9. The van der Waals surface area contributed by atoms with Crippen molar-refractivity contribution in [2.45, 2.75) is 11.7 Å². The topological polar surface area (TPSA) is 64.0 Å². The molecule has 0 atom stereocenters. The smallest absolute Gasteiger partial charge is 0.262 e. The van der Waals surface area contributed by atoms with E-state index in [2.05, 4.69) is 10.3 Å². The van der Waals surface area contributed by atoms with Crippen molar-refractivity contribution < 1.29 is 4.79 Å². The number of carbonyl (C=O) groups is 1. The third kappa shape index (κ3) is 4.56. The Morgan fingerprint density at radius 1 is 0.967 bits per heavy atom. The molecule has 150 valence electrons. The van der Waals surface area contributed by atoms with E-state index in [1.807, 2.05) is 42.5 Å². The van der Waals surface area contributed by atoms with Gasteiger partial charge in [0.15, 0.2) is 5.16 Å². The Labute approximate surface area is 182 Å². The van der Waals surface area contributed by atoms with Crippen LogP contribution in [0.1, 0.15) is 5.56 Å². The van der Waals surface area contributed by atoms with Gasteiger partial charge in [0.05, 0.1) is 33.9 Å². The number of thioether (sulfide) groups is 1. The summed E-state index contributed by atoms with van der Waals surface area (Å²) in [5.41, 5.74) is 2.02. The van der Waals surface area contributed by atoms with Gasteiger partial charge in [-0.05, 0) is 29.8 Å². The molecule has 1 heterocycles. The minimum atomic E-state index is -0.221. The maximum atomic E-state index is 13.1. The zero-order valence-corrected chi connectivity index (χ0v) is 17.5. The van der Waals surface area contributed by atoms with E-state index in [1.165, 1.54) is 11.8 Å². The highest BCUT2D eigenvalue weighted by Crippen LogP contribution is 2.22. The Morgan fingerprint density at radius 3 is 2.47 bits per heavy atom. The Bertz CT molecular complexity index is 1260. The second-order valence-corrected chi connectivity index (χ2v) is 7.95. The maximum absolute atomic E-state index is 13.1. The van der Waals surface area contributed by atoms with E-state index in [-0.39, 0.29) is 17.2 Å². The molecular formula is C23H18ClN3O2S. The Hall–Kier alpha value is -3.09. The number of amides is 1. The molecule has 30 heavy (non-hydrogen) atoms. The Morgan fingerprint density at radius 2 is 1.67 bits per heavy atom. The summed E-state index contributed by atoms with van der Waals surface area (Å²) in [6.07, 6.45) is 0. The van der Waals surface area contributed by atoms with Gasteiger partial charge in [-0.3, -0.25) is 14.2 Å². The number of benzene rings is 3. The normalized spacial score (nSPS) is 10.8. The van der Waals surface area contributed by atoms with Crippen molar-refractivity contribution in [2.75, 3.05) is 11.1 Å². The van der Waals surface area contributed by atoms with Crippen LogP contribution < -0.4 is 10.9 Å². The van der Waals surface area contributed by atoms with E-state index in [1.54, 1.807) is 41.0 Å². The van der Waals surface area contributed by atoms with Gasteiger partial charge < -0.3 is 5.32 Å². The maximum Gasteiger partial charge on any atom is 0.262 e. The monoisotopic (exact) mass is 435 g/mol. The molecule has 0 saturated carbocycles. The fourth-order valence-electron chi connectivity index (χ4n) is 3.04. The predicted molar refractivity (Wildman–Crippen MR) is 122 cm³/mol. The number of nitrogens with one attached hydrogen (secondary N) is 1. The highest BCUT2D eigenvalue weighted by Gasteiger charge is 2.14. The van der Waals surface area contributed by atoms with Gasteiger partial charge in [0, 0.05) is 0 Å². The zero-order chi connectivity index (χ0) is 20.9. The van der Waals surface area contributed by atoms with Crippen LogP contribution in [-0.2, 0) is 11.3 Å². The number of halogens is 1. The Kier molecular flexibility index (Phi) is 6.16. The molecule has 4 rings (SSSR count). The van der Waals surface area contributed by atoms with Crippen LogP contribution in [0.3, 0.4) is 0 Å². The van der Waals surface area contributed by atoms with Gasteiger partial charge in [-0.1, -0.05) is 78.0 Å². The number of hydrogen-bond acceptors (Lipinski definition) is 4. The van der Waals surface area contributed by atoms with Gasteiger partial charge in [-0.2, -0.15) is 0 Å². The van der Waals surface area contributed by atoms with E-state index in [0.29, 0.717) is 33.3 Å². The summed E-state index contributed by atoms with van der Waals surface area (Å²) in [5.74, 6) is -0.119. The van der Waals surface area contributed by atoms with Gasteiger partial charge in [0.2, 0.25) is 5.91 Å². The van der Waals surface area contributed by atoms with Crippen LogP contribution >= 0.6 is 23.4 Å². The average molecular weight is 436 g/mol. The molecule has 4 aromatic rings. The molecule has 3 aromatic carbocycles. The van der Waals surface area contributed by atoms with Crippen molar-refractivity contribution in [3.05, 3.63) is 99.8 Å². The lowest BCUT2D eigenvalue weighted by molar-refractivity contribution is -0.113. The summed E-state index contributed by atoms with van der Waals surface area (Å²) in [4.78, 5) is 30.2. The number of anilines is 1. The van der Waals surface area contributed by atoms with E-state index in [4.69, 9.17) is 11.6 Å². The first-order chi connectivity index (χ1) is 14.6. The minimum Gasteiger partial charge on any atom is -0.324 e. The molecule has 0 spiro atoms. The van der Waals surface area contributed by atoms with Crippen molar-refractivity contribution in [3.8, 4) is 0 Å². The second kappa shape index (κ2) is 9.15. The average Bonchev–Trinajstić information content (AvgIpc) is 2.77. The van der Waals surface area contributed by atoms with Crippen molar-refractivity contribution in [3.63, 3.8) is 0 Å². The lowest BCUT2D eigenvalue weighted by atomic mass is 10.2. The Balaban J connectivity index is 1.62. The fraction of sp³-hybridized carbons (Fsp3) is 0.0870. The molecule has 0 saturated heterocycles. The molecule has 0 aliphatic rings. The molecule has 1 N–H and O–H groups in total. The van der Waals surface area contributed by atoms with Crippen molar-refractivity contribution in [2.24, 2.45) is 0 Å². The van der Waals surface area contributed by atoms with E-state index in [0.717, 1.165) is 5.56 Å². The molecule has 7 heteroatoms. The molecule has 0 unspecified atom stereocenters. The first-order valence-electron chi connectivity index (χ1n) is 9.32. The van der Waals surface area contributed by atoms with Gasteiger partial charge in [-0.15, -0.1) is 0 Å². The molecular weight excluding hydrogens is 418 g/mol. The van der Waals surface area contributed by atoms with Gasteiger partial charge in [-0.25, -0.2) is 4.98 Å².